The van der Waals surface area contributed by atoms with Crippen molar-refractivity contribution in [3.8, 4) is 0 Å². The van der Waals surface area contributed by atoms with Gasteiger partial charge in [-0.2, -0.15) is 0 Å². The molecule has 0 aliphatic carbocycles. The number of nitrogens with zero attached hydrogens (tertiary/aromatic N) is 1. The predicted octanol–water partition coefficient (Wildman–Crippen LogP) is 2.42. The molecule has 2 rings (SSSR count). The maximum Gasteiger partial charge on any atom is 0.270 e. The van der Waals surface area contributed by atoms with Crippen LogP contribution in [0.15, 0.2) is 35.2 Å². The van der Waals surface area contributed by atoms with Crippen molar-refractivity contribution in [2.24, 2.45) is 0 Å². The van der Waals surface area contributed by atoms with Gasteiger partial charge < -0.3 is 5.32 Å². The number of aromatic nitrogens is 1. The summed E-state index contributed by atoms with van der Waals surface area (Å²) in [5.41, 5.74) is 4.69. The van der Waals surface area contributed by atoms with Crippen molar-refractivity contribution in [3.63, 3.8) is 0 Å². The Bertz CT molecular complexity index is 494. The van der Waals surface area contributed by atoms with Crippen LogP contribution in [0.25, 0.3) is 0 Å². The first-order valence-corrected chi connectivity index (χ1v) is 6.42. The van der Waals surface area contributed by atoms with E-state index in [4.69, 9.17) is 0 Å². The summed E-state index contributed by atoms with van der Waals surface area (Å²) in [5, 5.41) is 4.62. The van der Waals surface area contributed by atoms with E-state index in [1.807, 2.05) is 12.1 Å². The van der Waals surface area contributed by atoms with Crippen LogP contribution in [0, 0.1) is 6.92 Å². The third-order valence-electron chi connectivity index (χ3n) is 2.61. The molecule has 0 fully saturated rings. The van der Waals surface area contributed by atoms with Crippen molar-refractivity contribution in [1.82, 2.24) is 10.3 Å². The molecule has 1 N–H and O–H groups in total. The number of nitrogens with one attached hydrogen (secondary N) is 1. The standard InChI is InChI=1S/C13H14N2OS/c1-10-4-2-3-5-11(10)6-7-14-13(16)12-8-17-9-15-12/h2-5,8-9H,6-7H2,1H3,(H,14,16). The van der Waals surface area contributed by atoms with E-state index < -0.39 is 0 Å². The number of rotatable bonds is 4. The number of carbonyl (C=O) groups excluding carboxylic acids is 1. The van der Waals surface area contributed by atoms with Crippen molar-refractivity contribution in [3.05, 3.63) is 52.0 Å². The summed E-state index contributed by atoms with van der Waals surface area (Å²) < 4.78 is 0. The highest BCUT2D eigenvalue weighted by Crippen LogP contribution is 2.07. The minimum Gasteiger partial charge on any atom is -0.350 e. The molecule has 1 aromatic heterocycles. The molecule has 1 amide bonds. The Kier molecular flexibility index (Phi) is 3.88. The fourth-order valence-corrected chi connectivity index (χ4v) is 2.15. The SMILES string of the molecule is Cc1ccccc1CCNC(=O)c1cscn1. The van der Waals surface area contributed by atoms with Gasteiger partial charge in [0, 0.05) is 11.9 Å². The first-order valence-electron chi connectivity index (χ1n) is 5.48. The second-order valence-electron chi connectivity index (χ2n) is 3.81. The van der Waals surface area contributed by atoms with E-state index in [0.717, 1.165) is 6.42 Å². The highest BCUT2D eigenvalue weighted by Gasteiger charge is 2.06. The predicted molar refractivity (Wildman–Crippen MR) is 69.3 cm³/mol. The van der Waals surface area contributed by atoms with Gasteiger partial charge in [-0.3, -0.25) is 4.79 Å². The number of hydrogen-bond acceptors (Lipinski definition) is 3. The van der Waals surface area contributed by atoms with Gasteiger partial charge in [0.15, 0.2) is 0 Å². The molecule has 88 valence electrons. The molecule has 0 spiro atoms. The van der Waals surface area contributed by atoms with Crippen molar-refractivity contribution in [2.45, 2.75) is 13.3 Å². The molecule has 0 bridgehead atoms. The second kappa shape index (κ2) is 5.59. The third kappa shape index (κ3) is 3.14. The first-order chi connectivity index (χ1) is 8.27. The molecule has 3 nitrogen and oxygen atoms in total. The highest BCUT2D eigenvalue weighted by molar-refractivity contribution is 7.07. The highest BCUT2D eigenvalue weighted by atomic mass is 32.1. The molecule has 1 heterocycles. The lowest BCUT2D eigenvalue weighted by Crippen LogP contribution is -2.26. The molecule has 0 aliphatic rings. The summed E-state index contributed by atoms with van der Waals surface area (Å²) in [6.07, 6.45) is 0.850. The van der Waals surface area contributed by atoms with Crippen molar-refractivity contribution in [2.75, 3.05) is 6.54 Å². The van der Waals surface area contributed by atoms with Crippen LogP contribution < -0.4 is 5.32 Å². The fourth-order valence-electron chi connectivity index (χ4n) is 1.62. The Morgan fingerprint density at radius 1 is 1.41 bits per heavy atom. The average Bonchev–Trinajstić information content (AvgIpc) is 2.85. The lowest BCUT2D eigenvalue weighted by molar-refractivity contribution is 0.0950. The molecule has 17 heavy (non-hydrogen) atoms. The smallest absolute Gasteiger partial charge is 0.270 e. The van der Waals surface area contributed by atoms with Gasteiger partial charge in [-0.1, -0.05) is 24.3 Å². The number of benzene rings is 1. The summed E-state index contributed by atoms with van der Waals surface area (Å²) in [4.78, 5) is 15.6. The summed E-state index contributed by atoms with van der Waals surface area (Å²) >= 11 is 1.43. The monoisotopic (exact) mass is 246 g/mol. The zero-order valence-corrected chi connectivity index (χ0v) is 10.5. The molecule has 1 aromatic carbocycles. The Morgan fingerprint density at radius 3 is 2.94 bits per heavy atom. The van der Waals surface area contributed by atoms with Gasteiger partial charge in [0.2, 0.25) is 0 Å². The molecule has 0 unspecified atom stereocenters. The van der Waals surface area contributed by atoms with Gasteiger partial charge in [-0.05, 0) is 24.5 Å². The number of carbonyl (C=O) groups is 1. The zero-order valence-electron chi connectivity index (χ0n) is 9.64. The number of hydrogen-bond donors (Lipinski definition) is 1. The van der Waals surface area contributed by atoms with Gasteiger partial charge in [0.25, 0.3) is 5.91 Å². The van der Waals surface area contributed by atoms with Crippen molar-refractivity contribution >= 4 is 17.2 Å². The lowest BCUT2D eigenvalue weighted by Gasteiger charge is -2.06. The molecule has 2 aromatic rings. The lowest BCUT2D eigenvalue weighted by atomic mass is 10.1. The van der Waals surface area contributed by atoms with Crippen molar-refractivity contribution in [1.29, 1.82) is 0 Å². The Hall–Kier alpha value is -1.68. The third-order valence-corrected chi connectivity index (χ3v) is 3.19. The minimum atomic E-state index is -0.0974. The molecular weight excluding hydrogens is 232 g/mol. The maximum atomic E-state index is 11.6. The van der Waals surface area contributed by atoms with Crippen LogP contribution in [0.1, 0.15) is 21.6 Å². The van der Waals surface area contributed by atoms with Crippen LogP contribution in [0.3, 0.4) is 0 Å². The molecule has 0 radical (unpaired) electrons. The molecule has 0 saturated carbocycles. The van der Waals surface area contributed by atoms with Gasteiger partial charge in [0.1, 0.15) is 5.69 Å². The first kappa shape index (κ1) is 11.8. The van der Waals surface area contributed by atoms with Gasteiger partial charge >= 0.3 is 0 Å². The zero-order chi connectivity index (χ0) is 12.1. The van der Waals surface area contributed by atoms with E-state index in [1.54, 1.807) is 10.9 Å². The van der Waals surface area contributed by atoms with E-state index >= 15 is 0 Å². The van der Waals surface area contributed by atoms with Gasteiger partial charge in [-0.25, -0.2) is 4.98 Å². The van der Waals surface area contributed by atoms with E-state index in [9.17, 15) is 4.79 Å². The molecule has 0 saturated heterocycles. The largest absolute Gasteiger partial charge is 0.350 e. The van der Waals surface area contributed by atoms with Gasteiger partial charge in [0.05, 0.1) is 5.51 Å². The van der Waals surface area contributed by atoms with Crippen LogP contribution in [-0.2, 0) is 6.42 Å². The van der Waals surface area contributed by atoms with Crippen LogP contribution >= 0.6 is 11.3 Å². The quantitative estimate of drug-likeness (QED) is 0.900. The second-order valence-corrected chi connectivity index (χ2v) is 4.52. The average molecular weight is 246 g/mol. The summed E-state index contributed by atoms with van der Waals surface area (Å²) in [6.45, 7) is 2.72. The Balaban J connectivity index is 1.84. The van der Waals surface area contributed by atoms with E-state index in [0.29, 0.717) is 12.2 Å². The Labute approximate surface area is 105 Å². The van der Waals surface area contributed by atoms with Crippen LogP contribution in [0.5, 0.6) is 0 Å². The van der Waals surface area contributed by atoms with Crippen LogP contribution in [-0.4, -0.2) is 17.4 Å². The van der Waals surface area contributed by atoms with E-state index in [-0.39, 0.29) is 5.91 Å². The van der Waals surface area contributed by atoms with Crippen molar-refractivity contribution < 1.29 is 4.79 Å². The van der Waals surface area contributed by atoms with E-state index in [1.165, 1.54) is 22.5 Å². The Morgan fingerprint density at radius 2 is 2.24 bits per heavy atom. The summed E-state index contributed by atoms with van der Waals surface area (Å²) in [5.74, 6) is -0.0974. The summed E-state index contributed by atoms with van der Waals surface area (Å²) in [6, 6.07) is 8.21. The minimum absolute atomic E-state index is 0.0974. The summed E-state index contributed by atoms with van der Waals surface area (Å²) in [7, 11) is 0. The molecule has 0 aliphatic heterocycles. The fraction of sp³-hybridized carbons (Fsp3) is 0.231. The topological polar surface area (TPSA) is 42.0 Å². The van der Waals surface area contributed by atoms with Crippen LogP contribution in [0.4, 0.5) is 0 Å². The van der Waals surface area contributed by atoms with Crippen LogP contribution in [0.2, 0.25) is 0 Å². The number of amides is 1. The van der Waals surface area contributed by atoms with Gasteiger partial charge in [-0.15, -0.1) is 11.3 Å². The normalized spacial score (nSPS) is 10.2. The number of thiazole rings is 1. The van der Waals surface area contributed by atoms with E-state index in [2.05, 4.69) is 29.4 Å². The maximum absolute atomic E-state index is 11.6. The molecular formula is C13H14N2OS. The molecule has 4 heteroatoms. The number of aryl methyl sites for hydroxylation is 1. The molecule has 0 atom stereocenters.